The first kappa shape index (κ1) is 20.5. The van der Waals surface area contributed by atoms with Crippen molar-refractivity contribution in [3.63, 3.8) is 0 Å². The quantitative estimate of drug-likeness (QED) is 0.664. The van der Waals surface area contributed by atoms with Gasteiger partial charge in [0.05, 0.1) is 13.2 Å². The molecule has 1 atom stereocenters. The van der Waals surface area contributed by atoms with Crippen LogP contribution in [0.25, 0.3) is 21.9 Å². The number of aromatic nitrogens is 1. The molecule has 0 spiro atoms. The number of benzene rings is 2. The fourth-order valence-electron chi connectivity index (χ4n) is 4.32. The minimum absolute atomic E-state index is 0.0814. The fraction of sp³-hybridized carbons (Fsp3) is 0.360. The van der Waals surface area contributed by atoms with E-state index in [1.165, 1.54) is 0 Å². The van der Waals surface area contributed by atoms with Crippen LogP contribution in [0, 0.1) is 12.8 Å². The minimum atomic E-state index is 0.0814. The maximum absolute atomic E-state index is 13.5. The lowest BCUT2D eigenvalue weighted by molar-refractivity contribution is 0.0737. The lowest BCUT2D eigenvalue weighted by atomic mass is 9.95. The van der Waals surface area contributed by atoms with Crippen LogP contribution >= 0.6 is 0 Å². The largest absolute Gasteiger partial charge is 0.379 e. The standard InChI is InChI=1S/C25H29N3O2/c1-18-14-20(10-11-26-18)21-6-4-8-23-22(21)7-5-9-24(23)25(29)28-12-13-30-17-19(16-28)15-27(2)3/h4-11,14,19H,12-13,15-17H2,1-3H3. The van der Waals surface area contributed by atoms with E-state index < -0.39 is 0 Å². The highest BCUT2D eigenvalue weighted by molar-refractivity contribution is 6.10. The van der Waals surface area contributed by atoms with Gasteiger partial charge in [-0.05, 0) is 61.1 Å². The van der Waals surface area contributed by atoms with Crippen LogP contribution in [0.4, 0.5) is 0 Å². The lowest BCUT2D eigenvalue weighted by Gasteiger charge is -2.26. The second kappa shape index (κ2) is 8.94. The third kappa shape index (κ3) is 4.37. The van der Waals surface area contributed by atoms with Gasteiger partial charge in [0.25, 0.3) is 5.91 Å². The Morgan fingerprint density at radius 2 is 1.97 bits per heavy atom. The first-order valence-corrected chi connectivity index (χ1v) is 10.5. The molecule has 1 saturated heterocycles. The summed E-state index contributed by atoms with van der Waals surface area (Å²) >= 11 is 0. The number of amides is 1. The summed E-state index contributed by atoms with van der Waals surface area (Å²) in [6.45, 7) is 5.53. The fourth-order valence-corrected chi connectivity index (χ4v) is 4.32. The van der Waals surface area contributed by atoms with E-state index in [0.717, 1.165) is 46.2 Å². The van der Waals surface area contributed by atoms with Gasteiger partial charge in [-0.25, -0.2) is 0 Å². The van der Waals surface area contributed by atoms with Gasteiger partial charge in [-0.1, -0.05) is 30.3 Å². The molecule has 5 heteroatoms. The molecule has 30 heavy (non-hydrogen) atoms. The van der Waals surface area contributed by atoms with E-state index in [-0.39, 0.29) is 5.91 Å². The van der Waals surface area contributed by atoms with Crippen LogP contribution in [-0.4, -0.2) is 67.6 Å². The monoisotopic (exact) mass is 403 g/mol. The van der Waals surface area contributed by atoms with Crippen molar-refractivity contribution >= 4 is 16.7 Å². The zero-order valence-electron chi connectivity index (χ0n) is 18.0. The van der Waals surface area contributed by atoms with E-state index in [4.69, 9.17) is 4.74 Å². The Labute approximate surface area is 178 Å². The summed E-state index contributed by atoms with van der Waals surface area (Å²) in [7, 11) is 4.12. The van der Waals surface area contributed by atoms with Crippen molar-refractivity contribution in [2.75, 3.05) is 46.9 Å². The Morgan fingerprint density at radius 1 is 1.17 bits per heavy atom. The van der Waals surface area contributed by atoms with Crippen LogP contribution in [0.5, 0.6) is 0 Å². The summed E-state index contributed by atoms with van der Waals surface area (Å²) in [5, 5.41) is 2.08. The number of nitrogens with zero attached hydrogens (tertiary/aromatic N) is 3. The molecule has 0 N–H and O–H groups in total. The Hall–Kier alpha value is -2.76. The second-order valence-corrected chi connectivity index (χ2v) is 8.35. The van der Waals surface area contributed by atoms with Crippen LogP contribution in [-0.2, 0) is 4.74 Å². The highest BCUT2D eigenvalue weighted by atomic mass is 16.5. The van der Waals surface area contributed by atoms with E-state index in [2.05, 4.69) is 42.2 Å². The van der Waals surface area contributed by atoms with Crippen LogP contribution in [0.15, 0.2) is 54.7 Å². The van der Waals surface area contributed by atoms with Crippen molar-refractivity contribution in [3.8, 4) is 11.1 Å². The van der Waals surface area contributed by atoms with Gasteiger partial charge >= 0.3 is 0 Å². The number of carbonyl (C=O) groups excluding carboxylic acids is 1. The second-order valence-electron chi connectivity index (χ2n) is 8.35. The first-order valence-electron chi connectivity index (χ1n) is 10.5. The summed E-state index contributed by atoms with van der Waals surface area (Å²) in [4.78, 5) is 22.0. The molecule has 1 amide bonds. The van der Waals surface area contributed by atoms with Crippen LogP contribution < -0.4 is 0 Å². The molecule has 156 valence electrons. The number of pyridine rings is 1. The number of hydrogen-bond donors (Lipinski definition) is 0. The van der Waals surface area contributed by atoms with Crippen LogP contribution in [0.3, 0.4) is 0 Å². The molecule has 1 unspecified atom stereocenters. The van der Waals surface area contributed by atoms with E-state index in [0.29, 0.717) is 25.7 Å². The number of fused-ring (bicyclic) bond motifs is 1. The highest BCUT2D eigenvalue weighted by Crippen LogP contribution is 2.31. The molecule has 0 aliphatic carbocycles. The summed E-state index contributed by atoms with van der Waals surface area (Å²) < 4.78 is 5.77. The molecule has 3 aromatic rings. The van der Waals surface area contributed by atoms with E-state index >= 15 is 0 Å². The summed E-state index contributed by atoms with van der Waals surface area (Å²) in [5.41, 5.74) is 3.98. The van der Waals surface area contributed by atoms with E-state index in [1.54, 1.807) is 0 Å². The Balaban J connectivity index is 1.70. The minimum Gasteiger partial charge on any atom is -0.379 e. The average Bonchev–Trinajstić information content (AvgIpc) is 2.97. The van der Waals surface area contributed by atoms with Gasteiger partial charge in [0, 0.05) is 43.0 Å². The smallest absolute Gasteiger partial charge is 0.254 e. The Morgan fingerprint density at radius 3 is 2.77 bits per heavy atom. The molecule has 0 bridgehead atoms. The van der Waals surface area contributed by atoms with Gasteiger partial charge in [0.2, 0.25) is 0 Å². The molecular weight excluding hydrogens is 374 g/mol. The van der Waals surface area contributed by atoms with Crippen LogP contribution in [0.1, 0.15) is 16.1 Å². The molecule has 1 aliphatic rings. The Kier molecular flexibility index (Phi) is 6.11. The third-order valence-electron chi connectivity index (χ3n) is 5.61. The summed E-state index contributed by atoms with van der Waals surface area (Å²) in [6.07, 6.45) is 1.83. The molecule has 1 aliphatic heterocycles. The molecule has 5 nitrogen and oxygen atoms in total. The number of carbonyl (C=O) groups is 1. The number of aryl methyl sites for hydroxylation is 1. The zero-order chi connectivity index (χ0) is 21.1. The average molecular weight is 404 g/mol. The molecular formula is C25H29N3O2. The van der Waals surface area contributed by atoms with Gasteiger partial charge in [0.1, 0.15) is 0 Å². The highest BCUT2D eigenvalue weighted by Gasteiger charge is 2.25. The van der Waals surface area contributed by atoms with Gasteiger partial charge in [-0.3, -0.25) is 9.78 Å². The maximum Gasteiger partial charge on any atom is 0.254 e. The first-order chi connectivity index (χ1) is 14.5. The van der Waals surface area contributed by atoms with Crippen molar-refractivity contribution in [3.05, 3.63) is 66.0 Å². The Bertz CT molecular complexity index is 1050. The van der Waals surface area contributed by atoms with Gasteiger partial charge in [-0.15, -0.1) is 0 Å². The molecule has 2 heterocycles. The van der Waals surface area contributed by atoms with Crippen molar-refractivity contribution < 1.29 is 9.53 Å². The summed E-state index contributed by atoms with van der Waals surface area (Å²) in [5.74, 6) is 0.398. The molecule has 2 aromatic carbocycles. The number of rotatable bonds is 4. The van der Waals surface area contributed by atoms with Crippen molar-refractivity contribution in [2.24, 2.45) is 5.92 Å². The number of ether oxygens (including phenoxy) is 1. The maximum atomic E-state index is 13.5. The van der Waals surface area contributed by atoms with Crippen LogP contribution in [0.2, 0.25) is 0 Å². The van der Waals surface area contributed by atoms with E-state index in [9.17, 15) is 4.79 Å². The normalized spacial score (nSPS) is 17.3. The number of hydrogen-bond acceptors (Lipinski definition) is 4. The molecule has 4 rings (SSSR count). The van der Waals surface area contributed by atoms with Crippen molar-refractivity contribution in [1.82, 2.24) is 14.8 Å². The van der Waals surface area contributed by atoms with Crippen molar-refractivity contribution in [1.29, 1.82) is 0 Å². The predicted molar refractivity (Wildman–Crippen MR) is 121 cm³/mol. The van der Waals surface area contributed by atoms with Crippen molar-refractivity contribution in [2.45, 2.75) is 6.92 Å². The predicted octanol–water partition coefficient (Wildman–Crippen LogP) is 3.86. The lowest BCUT2D eigenvalue weighted by Crippen LogP contribution is -2.38. The third-order valence-corrected chi connectivity index (χ3v) is 5.61. The summed E-state index contributed by atoms with van der Waals surface area (Å²) in [6, 6.07) is 16.3. The molecule has 1 aromatic heterocycles. The zero-order valence-corrected chi connectivity index (χ0v) is 18.0. The molecule has 0 saturated carbocycles. The topological polar surface area (TPSA) is 45.7 Å². The molecule has 1 fully saturated rings. The van der Waals surface area contributed by atoms with Gasteiger partial charge < -0.3 is 14.5 Å². The van der Waals surface area contributed by atoms with Gasteiger partial charge in [-0.2, -0.15) is 0 Å². The SMILES string of the molecule is Cc1cc(-c2cccc3c(C(=O)N4CCOCC(CN(C)C)C4)cccc23)ccn1. The van der Waals surface area contributed by atoms with E-state index in [1.807, 2.05) is 48.4 Å². The van der Waals surface area contributed by atoms with Gasteiger partial charge in [0.15, 0.2) is 0 Å². The molecule has 0 radical (unpaired) electrons.